The summed E-state index contributed by atoms with van der Waals surface area (Å²) in [6.45, 7) is 5.52. The van der Waals surface area contributed by atoms with Crippen LogP contribution < -0.4 is 14.6 Å². The molecule has 0 N–H and O–H groups in total. The maximum atomic E-state index is 14.1. The highest BCUT2D eigenvalue weighted by Crippen LogP contribution is 2.40. The van der Waals surface area contributed by atoms with Crippen LogP contribution in [0.4, 0.5) is 10.2 Å². The van der Waals surface area contributed by atoms with Crippen LogP contribution in [0.5, 0.6) is 5.75 Å². The standard InChI is InChI=1S/C26H32FN5O5S/c1-5-30-13-16(2)32-21-20(23(36-4)22(32)26(30)34)25(33)31-14-17-8-9-19(27)12-18(17)15-37-10-6-7-11-38(35)29(3)24(21)28-31/h8-9,12,16H,5-7,10-11,13-15H2,1-4H3/t16-,38?/m0/s1. The molecule has 2 aliphatic rings. The number of amides is 1. The molecular formula is C26H32FN5O5S. The number of carbonyl (C=O) groups excluding carboxylic acids is 1. The minimum Gasteiger partial charge on any atom is -0.493 e. The molecule has 2 atom stereocenters. The second kappa shape index (κ2) is 10.5. The van der Waals surface area contributed by atoms with Gasteiger partial charge in [-0.1, -0.05) is 6.07 Å². The van der Waals surface area contributed by atoms with E-state index in [1.165, 1.54) is 23.9 Å². The van der Waals surface area contributed by atoms with E-state index in [9.17, 15) is 18.2 Å². The van der Waals surface area contributed by atoms with Gasteiger partial charge in [-0.15, -0.1) is 5.10 Å². The molecule has 1 amide bonds. The summed E-state index contributed by atoms with van der Waals surface area (Å²) < 4.78 is 43.6. The number of benzene rings is 1. The average Bonchev–Trinajstić information content (AvgIpc) is 3.26. The first kappa shape index (κ1) is 26.4. The zero-order chi connectivity index (χ0) is 27.1. The van der Waals surface area contributed by atoms with Crippen LogP contribution in [-0.2, 0) is 28.9 Å². The van der Waals surface area contributed by atoms with E-state index in [1.54, 1.807) is 22.3 Å². The van der Waals surface area contributed by atoms with Gasteiger partial charge in [0, 0.05) is 38.5 Å². The van der Waals surface area contributed by atoms with Crippen LogP contribution in [0, 0.1) is 5.82 Å². The summed E-state index contributed by atoms with van der Waals surface area (Å²) in [5.74, 6) is 0.248. The van der Waals surface area contributed by atoms with Gasteiger partial charge in [-0.2, -0.15) is 0 Å². The summed E-state index contributed by atoms with van der Waals surface area (Å²) in [6, 6.07) is 4.19. The van der Waals surface area contributed by atoms with Gasteiger partial charge in [0.15, 0.2) is 17.3 Å². The van der Waals surface area contributed by atoms with Crippen molar-refractivity contribution in [2.45, 2.75) is 45.9 Å². The zero-order valence-electron chi connectivity index (χ0n) is 22.0. The normalized spacial score (nSPS) is 20.7. The van der Waals surface area contributed by atoms with Crippen molar-refractivity contribution in [1.82, 2.24) is 19.2 Å². The average molecular weight is 546 g/mol. The number of hydrogen-bond donors (Lipinski definition) is 0. The summed E-state index contributed by atoms with van der Waals surface area (Å²) in [7, 11) is 1.67. The molecule has 0 saturated heterocycles. The highest BCUT2D eigenvalue weighted by atomic mass is 32.2. The Hall–Kier alpha value is -3.25. The fourth-order valence-corrected chi connectivity index (χ4v) is 6.32. The third-order valence-electron chi connectivity index (χ3n) is 7.24. The zero-order valence-corrected chi connectivity index (χ0v) is 22.8. The summed E-state index contributed by atoms with van der Waals surface area (Å²) in [4.78, 5) is 29.2. The van der Waals surface area contributed by atoms with E-state index in [1.807, 2.05) is 18.4 Å². The van der Waals surface area contributed by atoms with Crippen molar-refractivity contribution in [3.05, 3.63) is 51.2 Å². The number of carbonyl (C=O) groups is 1. The van der Waals surface area contributed by atoms with Crippen molar-refractivity contribution in [2.24, 2.45) is 0 Å². The Labute approximate surface area is 222 Å². The molecule has 38 heavy (non-hydrogen) atoms. The number of halogens is 1. The number of anilines is 1. The Morgan fingerprint density at radius 3 is 2.76 bits per heavy atom. The molecular weight excluding hydrogens is 513 g/mol. The van der Waals surface area contributed by atoms with Gasteiger partial charge >= 0.3 is 0 Å². The van der Waals surface area contributed by atoms with E-state index in [2.05, 4.69) is 0 Å². The van der Waals surface area contributed by atoms with Crippen molar-refractivity contribution in [2.75, 3.05) is 43.9 Å². The second-order valence-electron chi connectivity index (χ2n) is 9.65. The van der Waals surface area contributed by atoms with Crippen molar-refractivity contribution in [3.8, 4) is 5.75 Å². The maximum absolute atomic E-state index is 14.1. The van der Waals surface area contributed by atoms with E-state index in [4.69, 9.17) is 14.6 Å². The van der Waals surface area contributed by atoms with Crippen LogP contribution in [0.2, 0.25) is 0 Å². The maximum Gasteiger partial charge on any atom is 0.280 e. The van der Waals surface area contributed by atoms with Crippen LogP contribution in [0.3, 0.4) is 0 Å². The molecule has 0 spiro atoms. The SMILES string of the molecule is CCN1C[C@H](C)n2c(c(OC)c3c(=O)n4nc(c32)N(C)S(=O)CCCCOCc2cc(F)ccc2C4)C1=O. The van der Waals surface area contributed by atoms with Crippen molar-refractivity contribution in [3.63, 3.8) is 0 Å². The van der Waals surface area contributed by atoms with E-state index in [0.29, 0.717) is 60.8 Å². The van der Waals surface area contributed by atoms with Gasteiger partial charge < -0.3 is 18.9 Å². The number of nitrogens with zero attached hydrogens (tertiary/aromatic N) is 5. The van der Waals surface area contributed by atoms with Crippen molar-refractivity contribution < 1.29 is 22.9 Å². The largest absolute Gasteiger partial charge is 0.493 e. The first-order valence-corrected chi connectivity index (χ1v) is 14.0. The minimum absolute atomic E-state index is 0.0372. The molecule has 204 valence electrons. The third kappa shape index (κ3) is 4.39. The fraction of sp³-hybridized carbons (Fsp3) is 0.500. The number of fused-ring (bicyclic) bond motifs is 7. The lowest BCUT2D eigenvalue weighted by atomic mass is 10.1. The van der Waals surface area contributed by atoms with E-state index in [0.717, 1.165) is 0 Å². The molecule has 5 rings (SSSR count). The first-order valence-electron chi connectivity index (χ1n) is 12.8. The minimum atomic E-state index is -1.45. The molecule has 3 aromatic rings. The first-order chi connectivity index (χ1) is 18.3. The molecule has 0 saturated carbocycles. The molecule has 4 heterocycles. The van der Waals surface area contributed by atoms with Crippen LogP contribution in [0.1, 0.15) is 54.3 Å². The van der Waals surface area contributed by atoms with E-state index < -0.39 is 22.4 Å². The summed E-state index contributed by atoms with van der Waals surface area (Å²) >= 11 is 0. The van der Waals surface area contributed by atoms with Gasteiger partial charge in [0.25, 0.3) is 11.5 Å². The van der Waals surface area contributed by atoms with Crippen LogP contribution in [0.15, 0.2) is 23.0 Å². The lowest BCUT2D eigenvalue weighted by molar-refractivity contribution is 0.0685. The summed E-state index contributed by atoms with van der Waals surface area (Å²) in [5, 5.41) is 4.91. The van der Waals surface area contributed by atoms with Gasteiger partial charge in [0.1, 0.15) is 27.7 Å². The summed E-state index contributed by atoms with van der Waals surface area (Å²) in [6.07, 6.45) is 1.34. The topological polar surface area (TPSA) is 98.9 Å². The van der Waals surface area contributed by atoms with Crippen LogP contribution in [0.25, 0.3) is 10.9 Å². The smallest absolute Gasteiger partial charge is 0.280 e. The number of aromatic nitrogens is 3. The Morgan fingerprint density at radius 1 is 1.24 bits per heavy atom. The highest BCUT2D eigenvalue weighted by Gasteiger charge is 2.38. The second-order valence-corrected chi connectivity index (χ2v) is 11.2. The quantitative estimate of drug-likeness (QED) is 0.491. The fourth-order valence-electron chi connectivity index (χ4n) is 5.28. The molecule has 0 aliphatic carbocycles. The van der Waals surface area contributed by atoms with E-state index >= 15 is 0 Å². The monoisotopic (exact) mass is 545 g/mol. The summed E-state index contributed by atoms with van der Waals surface area (Å²) in [5.41, 5.74) is 1.57. The molecule has 0 fully saturated rings. The molecule has 12 heteroatoms. The van der Waals surface area contributed by atoms with Gasteiger partial charge in [-0.05, 0) is 49.9 Å². The molecule has 0 radical (unpaired) electrons. The molecule has 1 aromatic carbocycles. The van der Waals surface area contributed by atoms with Crippen molar-refractivity contribution in [1.29, 1.82) is 0 Å². The lowest BCUT2D eigenvalue weighted by Gasteiger charge is -2.33. The Bertz CT molecular complexity index is 1490. The number of methoxy groups -OCH3 is 1. The van der Waals surface area contributed by atoms with Crippen LogP contribution >= 0.6 is 0 Å². The molecule has 2 aromatic heterocycles. The number of ether oxygens (including phenoxy) is 2. The van der Waals surface area contributed by atoms with E-state index in [-0.39, 0.29) is 41.9 Å². The predicted octanol–water partition coefficient (Wildman–Crippen LogP) is 2.84. The van der Waals surface area contributed by atoms with Gasteiger partial charge in [-0.3, -0.25) is 13.9 Å². The van der Waals surface area contributed by atoms with Crippen LogP contribution in [-0.4, -0.2) is 69.0 Å². The number of rotatable bonds is 2. The Balaban J connectivity index is 1.82. The number of likely N-dealkylation sites (N-methyl/N-ethyl adjacent to an activating group) is 1. The number of hydrogen-bond acceptors (Lipinski definition) is 6. The highest BCUT2D eigenvalue weighted by molar-refractivity contribution is 7.86. The molecule has 10 nitrogen and oxygen atoms in total. The molecule has 2 aliphatic heterocycles. The third-order valence-corrected chi connectivity index (χ3v) is 8.67. The van der Waals surface area contributed by atoms with Gasteiger partial charge in [0.2, 0.25) is 0 Å². The molecule has 2 bridgehead atoms. The Morgan fingerprint density at radius 2 is 2.03 bits per heavy atom. The van der Waals surface area contributed by atoms with Crippen molar-refractivity contribution >= 4 is 33.6 Å². The Kier molecular flexibility index (Phi) is 7.28. The lowest BCUT2D eigenvalue weighted by Crippen LogP contribution is -2.42. The van der Waals surface area contributed by atoms with Gasteiger partial charge in [0.05, 0.1) is 20.3 Å². The predicted molar refractivity (Wildman–Crippen MR) is 143 cm³/mol. The molecule has 1 unspecified atom stereocenters. The van der Waals surface area contributed by atoms with Gasteiger partial charge in [-0.25, -0.2) is 13.3 Å².